The highest BCUT2D eigenvalue weighted by molar-refractivity contribution is 5.90. The Morgan fingerprint density at radius 3 is 1.60 bits per heavy atom. The molecule has 0 saturated carbocycles. The van der Waals surface area contributed by atoms with E-state index in [1.165, 1.54) is 77.0 Å². The molecule has 0 saturated heterocycles. The summed E-state index contributed by atoms with van der Waals surface area (Å²) in [4.78, 5) is 14.2. The lowest BCUT2D eigenvalue weighted by atomic mass is 9.85. The topological polar surface area (TPSA) is 56.8 Å². The summed E-state index contributed by atoms with van der Waals surface area (Å²) in [6.07, 6.45) is 18.9. The largest absolute Gasteiger partial charge is 0.493 e. The molecule has 5 heteroatoms. The molecule has 0 aromatic heterocycles. The maximum absolute atomic E-state index is 14.2. The zero-order chi connectivity index (χ0) is 32.0. The Morgan fingerprint density at radius 1 is 0.622 bits per heavy atom. The molecule has 1 amide bonds. The van der Waals surface area contributed by atoms with Gasteiger partial charge in [-0.25, -0.2) is 0 Å². The van der Waals surface area contributed by atoms with E-state index in [4.69, 9.17) is 14.2 Å². The average Bonchev–Trinajstić information content (AvgIpc) is 3.09. The van der Waals surface area contributed by atoms with Crippen molar-refractivity contribution < 1.29 is 19.0 Å². The highest BCUT2D eigenvalue weighted by Crippen LogP contribution is 2.35. The molecule has 0 aliphatic heterocycles. The number of rotatable bonds is 24. The van der Waals surface area contributed by atoms with Crippen LogP contribution in [0.5, 0.6) is 11.5 Å². The van der Waals surface area contributed by atoms with Gasteiger partial charge in [0, 0.05) is 13.2 Å². The summed E-state index contributed by atoms with van der Waals surface area (Å²) in [5.74, 6) is 1.22. The molecule has 45 heavy (non-hydrogen) atoms. The van der Waals surface area contributed by atoms with Gasteiger partial charge in [0.2, 0.25) is 0 Å². The van der Waals surface area contributed by atoms with E-state index in [1.54, 1.807) is 14.2 Å². The molecule has 3 rings (SSSR count). The third-order valence-corrected chi connectivity index (χ3v) is 8.64. The first-order valence-corrected chi connectivity index (χ1v) is 17.4. The molecule has 0 spiro atoms. The van der Waals surface area contributed by atoms with Gasteiger partial charge in [-0.1, -0.05) is 157 Å². The number of ether oxygens (including phenoxy) is 3. The highest BCUT2D eigenvalue weighted by Gasteiger charge is 2.43. The van der Waals surface area contributed by atoms with Gasteiger partial charge in [-0.3, -0.25) is 4.79 Å². The summed E-state index contributed by atoms with van der Waals surface area (Å²) in [5.41, 5.74) is 1.51. The lowest BCUT2D eigenvalue weighted by molar-refractivity contribution is -0.143. The molecule has 0 unspecified atom stereocenters. The van der Waals surface area contributed by atoms with Crippen molar-refractivity contribution in [1.82, 2.24) is 5.32 Å². The smallest absolute Gasteiger partial charge is 0.261 e. The van der Waals surface area contributed by atoms with Crippen molar-refractivity contribution in [2.24, 2.45) is 0 Å². The number of nitrogens with one attached hydrogen (secondary N) is 1. The molecule has 0 aliphatic carbocycles. The lowest BCUT2D eigenvalue weighted by Gasteiger charge is -2.34. The summed E-state index contributed by atoms with van der Waals surface area (Å²) in [7, 11) is 3.26. The molecule has 5 nitrogen and oxygen atoms in total. The second-order valence-corrected chi connectivity index (χ2v) is 12.1. The van der Waals surface area contributed by atoms with Crippen LogP contribution in [0.1, 0.15) is 114 Å². The molecule has 1 N–H and O–H groups in total. The Kier molecular flexibility index (Phi) is 17.2. The lowest BCUT2D eigenvalue weighted by Crippen LogP contribution is -2.48. The van der Waals surface area contributed by atoms with Gasteiger partial charge in [0.1, 0.15) is 0 Å². The Labute approximate surface area is 273 Å². The molecule has 0 fully saturated rings. The van der Waals surface area contributed by atoms with Crippen molar-refractivity contribution in [3.8, 4) is 11.5 Å². The number of carbonyl (C=O) groups excluding carboxylic acids is 1. The van der Waals surface area contributed by atoms with Crippen LogP contribution in [0.25, 0.3) is 0 Å². The second kappa shape index (κ2) is 21.4. The third-order valence-electron chi connectivity index (χ3n) is 8.64. The Bertz CT molecular complexity index is 1160. The van der Waals surface area contributed by atoms with E-state index in [0.29, 0.717) is 31.1 Å². The van der Waals surface area contributed by atoms with Gasteiger partial charge in [-0.05, 0) is 41.7 Å². The predicted molar refractivity (Wildman–Crippen MR) is 186 cm³/mol. The zero-order valence-corrected chi connectivity index (χ0v) is 28.2. The van der Waals surface area contributed by atoms with Crippen LogP contribution in [-0.2, 0) is 21.6 Å². The van der Waals surface area contributed by atoms with E-state index >= 15 is 0 Å². The van der Waals surface area contributed by atoms with Crippen LogP contribution < -0.4 is 14.8 Å². The van der Waals surface area contributed by atoms with Crippen LogP contribution in [0.4, 0.5) is 0 Å². The van der Waals surface area contributed by atoms with Crippen molar-refractivity contribution in [3.05, 3.63) is 95.6 Å². The van der Waals surface area contributed by atoms with E-state index in [1.807, 2.05) is 78.9 Å². The van der Waals surface area contributed by atoms with E-state index in [0.717, 1.165) is 29.5 Å². The van der Waals surface area contributed by atoms with Crippen molar-refractivity contribution in [1.29, 1.82) is 0 Å². The van der Waals surface area contributed by atoms with E-state index in [-0.39, 0.29) is 5.91 Å². The molecule has 3 aromatic carbocycles. The van der Waals surface area contributed by atoms with Gasteiger partial charge in [0.25, 0.3) is 5.91 Å². The van der Waals surface area contributed by atoms with Crippen LogP contribution in [0.2, 0.25) is 0 Å². The van der Waals surface area contributed by atoms with Gasteiger partial charge < -0.3 is 19.5 Å². The van der Waals surface area contributed by atoms with E-state index in [2.05, 4.69) is 12.2 Å². The molecule has 0 aliphatic rings. The maximum atomic E-state index is 14.2. The number of amides is 1. The second-order valence-electron chi connectivity index (χ2n) is 12.1. The van der Waals surface area contributed by atoms with Crippen molar-refractivity contribution >= 4 is 5.91 Å². The molecule has 246 valence electrons. The zero-order valence-electron chi connectivity index (χ0n) is 28.2. The fourth-order valence-corrected chi connectivity index (χ4v) is 6.01. The number of carbonyl (C=O) groups is 1. The third kappa shape index (κ3) is 11.9. The van der Waals surface area contributed by atoms with Gasteiger partial charge in [0.05, 0.1) is 14.2 Å². The van der Waals surface area contributed by atoms with Crippen molar-refractivity contribution in [2.45, 2.75) is 109 Å². The van der Waals surface area contributed by atoms with Crippen LogP contribution >= 0.6 is 0 Å². The Balaban J connectivity index is 1.54. The summed E-state index contributed by atoms with van der Waals surface area (Å²) < 4.78 is 17.5. The first kappa shape index (κ1) is 36.2. The van der Waals surface area contributed by atoms with Gasteiger partial charge in [-0.2, -0.15) is 0 Å². The fraction of sp³-hybridized carbons (Fsp3) is 0.525. The maximum Gasteiger partial charge on any atom is 0.261 e. The minimum atomic E-state index is -1.23. The quantitative estimate of drug-likeness (QED) is 0.102. The summed E-state index contributed by atoms with van der Waals surface area (Å²) in [6, 6.07) is 25.7. The predicted octanol–water partition coefficient (Wildman–Crippen LogP) is 9.80. The van der Waals surface area contributed by atoms with Gasteiger partial charge >= 0.3 is 0 Å². The van der Waals surface area contributed by atoms with Crippen molar-refractivity contribution in [2.75, 3.05) is 27.4 Å². The monoisotopic (exact) mass is 615 g/mol. The SMILES string of the molecule is CCCCCCCCCCCCCCCCOC(C(=O)NCCc1ccc(OC)c(OC)c1)(c1ccccc1)c1ccccc1. The van der Waals surface area contributed by atoms with Crippen molar-refractivity contribution in [3.63, 3.8) is 0 Å². The molecule has 0 bridgehead atoms. The van der Waals surface area contributed by atoms with E-state index < -0.39 is 5.60 Å². The normalized spacial score (nSPS) is 11.4. The number of hydrogen-bond donors (Lipinski definition) is 1. The molecular formula is C40H57NO4. The number of hydrogen-bond acceptors (Lipinski definition) is 4. The minimum Gasteiger partial charge on any atom is -0.493 e. The van der Waals surface area contributed by atoms with E-state index in [9.17, 15) is 4.79 Å². The summed E-state index contributed by atoms with van der Waals surface area (Å²) in [5, 5.41) is 3.20. The Hall–Kier alpha value is -3.31. The Morgan fingerprint density at radius 2 is 1.11 bits per heavy atom. The first-order valence-electron chi connectivity index (χ1n) is 17.4. The highest BCUT2D eigenvalue weighted by atomic mass is 16.5. The number of benzene rings is 3. The summed E-state index contributed by atoms with van der Waals surface area (Å²) in [6.45, 7) is 3.27. The van der Waals surface area contributed by atoms with Crippen LogP contribution in [0.3, 0.4) is 0 Å². The minimum absolute atomic E-state index is 0.147. The summed E-state index contributed by atoms with van der Waals surface area (Å²) >= 11 is 0. The average molecular weight is 616 g/mol. The van der Waals surface area contributed by atoms with Crippen LogP contribution in [0, 0.1) is 0 Å². The molecule has 0 radical (unpaired) electrons. The van der Waals surface area contributed by atoms with Gasteiger partial charge in [0.15, 0.2) is 17.1 Å². The fourth-order valence-electron chi connectivity index (χ4n) is 6.01. The molecule has 3 aromatic rings. The first-order chi connectivity index (χ1) is 22.2. The molecule has 0 heterocycles. The standard InChI is InChI=1S/C40H57NO4/c1-4-5-6-7-8-9-10-11-12-13-14-15-16-23-32-45-40(35-24-19-17-20-25-35,36-26-21-18-22-27-36)39(42)41-31-30-34-28-29-37(43-2)38(33-34)44-3/h17-22,24-29,33H,4-16,23,30-32H2,1-3H3,(H,41,42). The number of unbranched alkanes of at least 4 members (excludes halogenated alkanes) is 13. The van der Waals surface area contributed by atoms with Gasteiger partial charge in [-0.15, -0.1) is 0 Å². The number of methoxy groups -OCH3 is 2. The molecule has 0 atom stereocenters. The van der Waals surface area contributed by atoms with Crippen LogP contribution in [0.15, 0.2) is 78.9 Å². The van der Waals surface area contributed by atoms with Crippen LogP contribution in [-0.4, -0.2) is 33.3 Å². The molecular weight excluding hydrogens is 558 g/mol.